The molecule has 2 heteroatoms. The van der Waals surface area contributed by atoms with Gasteiger partial charge in [-0.05, 0) is 35.6 Å². The quantitative estimate of drug-likeness (QED) is 0.863. The third kappa shape index (κ3) is 3.11. The van der Waals surface area contributed by atoms with Gasteiger partial charge in [0.1, 0.15) is 5.75 Å². The standard InChI is InChI=1S/C16H18O2/c1-12(10-13-6-5-9-15(17)11-13)16(18)14-7-3-2-4-8-14/h2-9,11-12,16-18H,10H2,1H3. The summed E-state index contributed by atoms with van der Waals surface area (Å²) in [6.45, 7) is 2.02. The number of aliphatic hydroxyl groups excluding tert-OH is 1. The summed E-state index contributed by atoms with van der Waals surface area (Å²) in [6, 6.07) is 16.9. The van der Waals surface area contributed by atoms with Gasteiger partial charge in [-0.15, -0.1) is 0 Å². The van der Waals surface area contributed by atoms with Crippen LogP contribution in [0.4, 0.5) is 0 Å². The van der Waals surface area contributed by atoms with Gasteiger partial charge in [0.05, 0.1) is 6.10 Å². The molecule has 0 aliphatic rings. The number of rotatable bonds is 4. The molecule has 2 aromatic carbocycles. The number of benzene rings is 2. The number of aliphatic hydroxyl groups is 1. The molecule has 0 amide bonds. The molecular formula is C16H18O2. The molecule has 0 bridgehead atoms. The second-order valence-corrected chi connectivity index (χ2v) is 4.71. The van der Waals surface area contributed by atoms with Gasteiger partial charge in [-0.1, -0.05) is 49.4 Å². The molecule has 0 fully saturated rings. The fourth-order valence-electron chi connectivity index (χ4n) is 2.15. The van der Waals surface area contributed by atoms with E-state index < -0.39 is 6.10 Å². The Morgan fingerprint density at radius 1 is 1.00 bits per heavy atom. The van der Waals surface area contributed by atoms with Crippen molar-refractivity contribution < 1.29 is 10.2 Å². The van der Waals surface area contributed by atoms with Crippen molar-refractivity contribution in [3.63, 3.8) is 0 Å². The summed E-state index contributed by atoms with van der Waals surface area (Å²) >= 11 is 0. The smallest absolute Gasteiger partial charge is 0.115 e. The molecular weight excluding hydrogens is 224 g/mol. The minimum atomic E-state index is -0.478. The van der Waals surface area contributed by atoms with Gasteiger partial charge in [0.15, 0.2) is 0 Å². The van der Waals surface area contributed by atoms with E-state index in [0.29, 0.717) is 0 Å². The number of phenols is 1. The van der Waals surface area contributed by atoms with E-state index in [0.717, 1.165) is 17.5 Å². The largest absolute Gasteiger partial charge is 0.508 e. The van der Waals surface area contributed by atoms with E-state index in [9.17, 15) is 10.2 Å². The van der Waals surface area contributed by atoms with Gasteiger partial charge >= 0.3 is 0 Å². The molecule has 94 valence electrons. The summed E-state index contributed by atoms with van der Waals surface area (Å²) in [5.74, 6) is 0.378. The van der Waals surface area contributed by atoms with Crippen LogP contribution < -0.4 is 0 Å². The number of phenolic OH excluding ortho intramolecular Hbond substituents is 1. The molecule has 2 N–H and O–H groups in total. The van der Waals surface area contributed by atoms with Crippen LogP contribution in [0.25, 0.3) is 0 Å². The van der Waals surface area contributed by atoms with Gasteiger partial charge < -0.3 is 10.2 Å². The second-order valence-electron chi connectivity index (χ2n) is 4.71. The lowest BCUT2D eigenvalue weighted by Gasteiger charge is -2.19. The lowest BCUT2D eigenvalue weighted by atomic mass is 9.91. The van der Waals surface area contributed by atoms with E-state index in [1.807, 2.05) is 49.4 Å². The second kappa shape index (κ2) is 5.69. The maximum absolute atomic E-state index is 10.3. The van der Waals surface area contributed by atoms with Gasteiger partial charge in [0, 0.05) is 0 Å². The maximum atomic E-state index is 10.3. The van der Waals surface area contributed by atoms with Crippen molar-refractivity contribution in [2.45, 2.75) is 19.4 Å². The first-order valence-corrected chi connectivity index (χ1v) is 6.18. The van der Waals surface area contributed by atoms with Crippen molar-refractivity contribution >= 4 is 0 Å². The minimum absolute atomic E-state index is 0.106. The normalized spacial score (nSPS) is 14.1. The van der Waals surface area contributed by atoms with Crippen molar-refractivity contribution in [2.75, 3.05) is 0 Å². The predicted molar refractivity (Wildman–Crippen MR) is 72.4 cm³/mol. The molecule has 2 nitrogen and oxygen atoms in total. The van der Waals surface area contributed by atoms with Crippen molar-refractivity contribution in [2.24, 2.45) is 5.92 Å². The molecule has 18 heavy (non-hydrogen) atoms. The number of hydrogen-bond acceptors (Lipinski definition) is 2. The third-order valence-electron chi connectivity index (χ3n) is 3.15. The van der Waals surface area contributed by atoms with Gasteiger partial charge in [-0.3, -0.25) is 0 Å². The Bertz CT molecular complexity index is 493. The Labute approximate surface area is 108 Å². The highest BCUT2D eigenvalue weighted by Crippen LogP contribution is 2.25. The van der Waals surface area contributed by atoms with Crippen LogP contribution in [0.5, 0.6) is 5.75 Å². The van der Waals surface area contributed by atoms with E-state index in [4.69, 9.17) is 0 Å². The Morgan fingerprint density at radius 2 is 1.72 bits per heavy atom. The van der Waals surface area contributed by atoms with E-state index in [-0.39, 0.29) is 11.7 Å². The molecule has 2 atom stereocenters. The minimum Gasteiger partial charge on any atom is -0.508 e. The van der Waals surface area contributed by atoms with Crippen LogP contribution in [0.1, 0.15) is 24.2 Å². The zero-order valence-electron chi connectivity index (χ0n) is 10.5. The molecule has 2 rings (SSSR count). The summed E-state index contributed by atoms with van der Waals surface area (Å²) in [6.07, 6.45) is 0.262. The number of hydrogen-bond donors (Lipinski definition) is 2. The van der Waals surface area contributed by atoms with E-state index in [2.05, 4.69) is 0 Å². The molecule has 0 spiro atoms. The molecule has 2 aromatic rings. The Kier molecular flexibility index (Phi) is 4.00. The van der Waals surface area contributed by atoms with Crippen LogP contribution in [0.15, 0.2) is 54.6 Å². The topological polar surface area (TPSA) is 40.5 Å². The first kappa shape index (κ1) is 12.7. The highest BCUT2D eigenvalue weighted by molar-refractivity contribution is 5.28. The zero-order valence-corrected chi connectivity index (χ0v) is 10.5. The summed E-state index contributed by atoms with van der Waals surface area (Å²) in [7, 11) is 0. The van der Waals surface area contributed by atoms with Crippen molar-refractivity contribution in [3.05, 3.63) is 65.7 Å². The lowest BCUT2D eigenvalue weighted by Crippen LogP contribution is -2.11. The Hall–Kier alpha value is -1.80. The summed E-state index contributed by atoms with van der Waals surface area (Å²) in [4.78, 5) is 0. The fourth-order valence-corrected chi connectivity index (χ4v) is 2.15. The maximum Gasteiger partial charge on any atom is 0.115 e. The van der Waals surface area contributed by atoms with Gasteiger partial charge in [0.2, 0.25) is 0 Å². The monoisotopic (exact) mass is 242 g/mol. The van der Waals surface area contributed by atoms with Gasteiger partial charge in [-0.25, -0.2) is 0 Å². The van der Waals surface area contributed by atoms with Crippen LogP contribution >= 0.6 is 0 Å². The van der Waals surface area contributed by atoms with Crippen LogP contribution in [-0.2, 0) is 6.42 Å². The Morgan fingerprint density at radius 3 is 2.39 bits per heavy atom. The average molecular weight is 242 g/mol. The molecule has 0 radical (unpaired) electrons. The van der Waals surface area contributed by atoms with Gasteiger partial charge in [-0.2, -0.15) is 0 Å². The highest BCUT2D eigenvalue weighted by Gasteiger charge is 2.16. The predicted octanol–water partition coefficient (Wildman–Crippen LogP) is 3.30. The summed E-state index contributed by atoms with van der Waals surface area (Å²) < 4.78 is 0. The first-order chi connectivity index (χ1) is 8.66. The van der Waals surface area contributed by atoms with Crippen molar-refractivity contribution in [3.8, 4) is 5.75 Å². The van der Waals surface area contributed by atoms with Crippen LogP contribution in [0.2, 0.25) is 0 Å². The molecule has 0 aliphatic carbocycles. The molecule has 2 unspecified atom stereocenters. The van der Waals surface area contributed by atoms with E-state index in [1.54, 1.807) is 12.1 Å². The summed E-state index contributed by atoms with van der Waals surface area (Å²) in [5.41, 5.74) is 1.97. The SMILES string of the molecule is CC(Cc1cccc(O)c1)C(O)c1ccccc1. The van der Waals surface area contributed by atoms with Gasteiger partial charge in [0.25, 0.3) is 0 Å². The zero-order chi connectivity index (χ0) is 13.0. The average Bonchev–Trinajstić information content (AvgIpc) is 2.39. The van der Waals surface area contributed by atoms with E-state index >= 15 is 0 Å². The summed E-state index contributed by atoms with van der Waals surface area (Å²) in [5, 5.41) is 19.7. The lowest BCUT2D eigenvalue weighted by molar-refractivity contribution is 0.117. The third-order valence-corrected chi connectivity index (χ3v) is 3.15. The Balaban J connectivity index is 2.06. The number of aromatic hydroxyl groups is 1. The molecule has 0 heterocycles. The first-order valence-electron chi connectivity index (χ1n) is 6.18. The molecule has 0 saturated carbocycles. The molecule has 0 aliphatic heterocycles. The van der Waals surface area contributed by atoms with Crippen LogP contribution in [0, 0.1) is 5.92 Å². The van der Waals surface area contributed by atoms with Crippen molar-refractivity contribution in [1.29, 1.82) is 0 Å². The van der Waals surface area contributed by atoms with Crippen molar-refractivity contribution in [1.82, 2.24) is 0 Å². The van der Waals surface area contributed by atoms with Crippen LogP contribution in [0.3, 0.4) is 0 Å². The molecule has 0 aromatic heterocycles. The highest BCUT2D eigenvalue weighted by atomic mass is 16.3. The molecule has 0 saturated heterocycles. The fraction of sp³-hybridized carbons (Fsp3) is 0.250. The van der Waals surface area contributed by atoms with Crippen LogP contribution in [-0.4, -0.2) is 10.2 Å². The van der Waals surface area contributed by atoms with E-state index in [1.165, 1.54) is 0 Å².